The Morgan fingerprint density at radius 3 is 2.62 bits per heavy atom. The number of nitrogens with zero attached hydrogens (tertiary/aromatic N) is 2. The average Bonchev–Trinajstić information content (AvgIpc) is 2.62. The van der Waals surface area contributed by atoms with E-state index in [0.29, 0.717) is 6.54 Å². The number of nitrogens with one attached hydrogen (secondary N) is 2. The van der Waals surface area contributed by atoms with Gasteiger partial charge in [-0.3, -0.25) is 0 Å². The molecule has 2 amide bonds. The molecular formula is C19H22BrIN4O. The Morgan fingerprint density at radius 2 is 1.96 bits per heavy atom. The maximum Gasteiger partial charge on any atom is 0.319 e. The fraction of sp³-hybridized carbons (Fsp3) is 0.316. The molecule has 0 aliphatic rings. The molecule has 0 aliphatic carbocycles. The Kier molecular flexibility index (Phi) is 8.02. The van der Waals surface area contributed by atoms with Crippen LogP contribution in [0.5, 0.6) is 0 Å². The highest BCUT2D eigenvalue weighted by Crippen LogP contribution is 2.29. The van der Waals surface area contributed by atoms with Crippen LogP contribution >= 0.6 is 38.8 Å². The van der Waals surface area contributed by atoms with Crippen molar-refractivity contribution in [1.29, 1.82) is 0 Å². The lowest BCUT2D eigenvalue weighted by molar-refractivity contribution is 0.252. The maximum absolute atomic E-state index is 12.1. The summed E-state index contributed by atoms with van der Waals surface area (Å²) in [5.41, 5.74) is 6.57. The standard InChI is InChI=1S/C19H22BrIN4O/c1-4-15-12(2)13(3)18(24-25-21)11-14(15)9-10-22-19(26)23-17-8-6-5-7-16(17)20/h5-8,11H,4,9-10H2,1-3H3,(H2,22,23,26). The topological polar surface area (TPSA) is 65.8 Å². The van der Waals surface area contributed by atoms with E-state index in [1.807, 2.05) is 47.1 Å². The second-order valence-electron chi connectivity index (χ2n) is 5.92. The Hall–Kier alpha value is -1.48. The molecule has 0 spiro atoms. The van der Waals surface area contributed by atoms with E-state index in [1.54, 1.807) is 0 Å². The molecule has 0 unspecified atom stereocenters. The molecule has 0 atom stereocenters. The summed E-state index contributed by atoms with van der Waals surface area (Å²) in [5.74, 6) is 0. The maximum atomic E-state index is 12.1. The van der Waals surface area contributed by atoms with E-state index in [0.717, 1.165) is 34.3 Å². The van der Waals surface area contributed by atoms with Gasteiger partial charge in [0.15, 0.2) is 0 Å². The zero-order valence-electron chi connectivity index (χ0n) is 15.1. The smallest absolute Gasteiger partial charge is 0.319 e. The number of hydrogen-bond donors (Lipinski definition) is 2. The third-order valence-electron chi connectivity index (χ3n) is 4.40. The van der Waals surface area contributed by atoms with Gasteiger partial charge in [0.2, 0.25) is 0 Å². The minimum atomic E-state index is -0.217. The Bertz CT molecular complexity index is 823. The van der Waals surface area contributed by atoms with Gasteiger partial charge >= 0.3 is 6.03 Å². The van der Waals surface area contributed by atoms with Crippen LogP contribution in [0.4, 0.5) is 16.2 Å². The predicted molar refractivity (Wildman–Crippen MR) is 119 cm³/mol. The Balaban J connectivity index is 2.05. The lowest BCUT2D eigenvalue weighted by atomic mass is 9.93. The number of para-hydroxylation sites is 1. The summed E-state index contributed by atoms with van der Waals surface area (Å²) in [6.07, 6.45) is 1.70. The highest BCUT2D eigenvalue weighted by Gasteiger charge is 2.12. The van der Waals surface area contributed by atoms with Crippen molar-refractivity contribution in [3.8, 4) is 0 Å². The highest BCUT2D eigenvalue weighted by atomic mass is 127. The number of urea groups is 1. The third kappa shape index (κ3) is 5.26. The lowest BCUT2D eigenvalue weighted by Crippen LogP contribution is -2.30. The molecule has 0 bridgehead atoms. The molecule has 26 heavy (non-hydrogen) atoms. The summed E-state index contributed by atoms with van der Waals surface area (Å²) >= 11 is 5.31. The molecular weight excluding hydrogens is 507 g/mol. The van der Waals surface area contributed by atoms with Crippen molar-refractivity contribution in [1.82, 2.24) is 5.32 Å². The van der Waals surface area contributed by atoms with Gasteiger partial charge in [-0.2, -0.15) is 0 Å². The molecule has 0 aromatic heterocycles. The summed E-state index contributed by atoms with van der Waals surface area (Å²) in [4.78, 5) is 12.1. The first kappa shape index (κ1) is 20.8. The first-order valence-electron chi connectivity index (χ1n) is 8.41. The summed E-state index contributed by atoms with van der Waals surface area (Å²) in [6.45, 7) is 6.89. The molecule has 0 radical (unpaired) electrons. The van der Waals surface area contributed by atoms with Crippen LogP contribution in [0.1, 0.15) is 29.2 Å². The summed E-state index contributed by atoms with van der Waals surface area (Å²) in [6, 6.07) is 9.39. The molecule has 2 aromatic rings. The van der Waals surface area contributed by atoms with Crippen molar-refractivity contribution in [2.75, 3.05) is 11.9 Å². The van der Waals surface area contributed by atoms with Gasteiger partial charge in [0, 0.05) is 11.0 Å². The minimum absolute atomic E-state index is 0.217. The molecule has 7 heteroatoms. The first-order chi connectivity index (χ1) is 12.5. The largest absolute Gasteiger partial charge is 0.338 e. The number of hydrogen-bond acceptors (Lipinski definition) is 3. The molecule has 0 aliphatic heterocycles. The van der Waals surface area contributed by atoms with Crippen LogP contribution in [0.2, 0.25) is 0 Å². The van der Waals surface area contributed by atoms with E-state index in [9.17, 15) is 4.79 Å². The van der Waals surface area contributed by atoms with Gasteiger partial charge in [0.25, 0.3) is 0 Å². The van der Waals surface area contributed by atoms with Crippen LogP contribution in [0, 0.1) is 13.8 Å². The van der Waals surface area contributed by atoms with Crippen molar-refractivity contribution >= 4 is 56.2 Å². The number of halogens is 2. The first-order valence-corrected chi connectivity index (χ1v) is 10.2. The van der Waals surface area contributed by atoms with Crippen LogP contribution < -0.4 is 10.6 Å². The molecule has 2 rings (SSSR count). The van der Waals surface area contributed by atoms with Gasteiger partial charge in [-0.1, -0.05) is 19.1 Å². The lowest BCUT2D eigenvalue weighted by Gasteiger charge is -2.16. The van der Waals surface area contributed by atoms with Crippen molar-refractivity contribution in [3.63, 3.8) is 0 Å². The number of anilines is 1. The van der Waals surface area contributed by atoms with Crippen molar-refractivity contribution in [3.05, 3.63) is 57.1 Å². The fourth-order valence-electron chi connectivity index (χ4n) is 2.92. The summed E-state index contributed by atoms with van der Waals surface area (Å²) in [5, 5.41) is 9.98. The molecule has 5 nitrogen and oxygen atoms in total. The molecule has 0 saturated carbocycles. The van der Waals surface area contributed by atoms with E-state index in [-0.39, 0.29) is 6.03 Å². The fourth-order valence-corrected chi connectivity index (χ4v) is 3.54. The van der Waals surface area contributed by atoms with Gasteiger partial charge in [-0.25, -0.2) is 4.79 Å². The van der Waals surface area contributed by atoms with Crippen LogP contribution in [0.25, 0.3) is 0 Å². The van der Waals surface area contributed by atoms with E-state index in [4.69, 9.17) is 0 Å². The molecule has 2 aromatic carbocycles. The van der Waals surface area contributed by atoms with Gasteiger partial charge < -0.3 is 10.6 Å². The van der Waals surface area contributed by atoms with E-state index >= 15 is 0 Å². The predicted octanol–water partition coefficient (Wildman–Crippen LogP) is 6.43. The molecule has 0 heterocycles. The van der Waals surface area contributed by atoms with E-state index in [1.165, 1.54) is 16.7 Å². The zero-order chi connectivity index (χ0) is 19.1. The molecule has 138 valence electrons. The van der Waals surface area contributed by atoms with Crippen molar-refractivity contribution in [2.24, 2.45) is 8.44 Å². The molecule has 2 N–H and O–H groups in total. The van der Waals surface area contributed by atoms with Crippen LogP contribution in [-0.2, 0) is 12.8 Å². The van der Waals surface area contributed by atoms with Gasteiger partial charge in [0.05, 0.1) is 11.4 Å². The van der Waals surface area contributed by atoms with E-state index in [2.05, 4.69) is 61.8 Å². The number of carbonyl (C=O) groups is 1. The van der Waals surface area contributed by atoms with Gasteiger partial charge in [-0.15, -0.1) is 8.44 Å². The number of amides is 2. The molecule has 0 fully saturated rings. The SMILES string of the molecule is CCc1c(CCNC(=O)Nc2ccccc2Br)cc(N=NI)c(C)c1C. The zero-order valence-corrected chi connectivity index (χ0v) is 18.8. The highest BCUT2D eigenvalue weighted by molar-refractivity contribution is 14.1. The quantitative estimate of drug-likeness (QED) is 0.329. The van der Waals surface area contributed by atoms with Crippen molar-refractivity contribution < 1.29 is 4.79 Å². The Labute approximate surface area is 176 Å². The number of carbonyl (C=O) groups excluding carboxylic acids is 1. The Morgan fingerprint density at radius 1 is 1.23 bits per heavy atom. The van der Waals surface area contributed by atoms with Crippen LogP contribution in [-0.4, -0.2) is 12.6 Å². The average molecular weight is 529 g/mol. The monoisotopic (exact) mass is 528 g/mol. The number of benzene rings is 2. The summed E-state index contributed by atoms with van der Waals surface area (Å²) in [7, 11) is 0. The second-order valence-corrected chi connectivity index (χ2v) is 7.21. The van der Waals surface area contributed by atoms with E-state index < -0.39 is 0 Å². The molecule has 0 saturated heterocycles. The van der Waals surface area contributed by atoms with Crippen LogP contribution in [0.3, 0.4) is 0 Å². The minimum Gasteiger partial charge on any atom is -0.338 e. The van der Waals surface area contributed by atoms with Crippen LogP contribution in [0.15, 0.2) is 43.2 Å². The summed E-state index contributed by atoms with van der Waals surface area (Å²) < 4.78 is 4.73. The van der Waals surface area contributed by atoms with Gasteiger partial charge in [0.1, 0.15) is 22.9 Å². The van der Waals surface area contributed by atoms with Crippen molar-refractivity contribution in [2.45, 2.75) is 33.6 Å². The van der Waals surface area contributed by atoms with Gasteiger partial charge in [-0.05, 0) is 83.1 Å². The second kappa shape index (κ2) is 10.0. The number of rotatable bonds is 6. The normalized spacial score (nSPS) is 11.0. The third-order valence-corrected chi connectivity index (χ3v) is 5.31.